The molecule has 0 aromatic heterocycles. The van der Waals surface area contributed by atoms with Crippen molar-refractivity contribution in [3.63, 3.8) is 0 Å². The van der Waals surface area contributed by atoms with Crippen LogP contribution >= 0.6 is 11.6 Å². The van der Waals surface area contributed by atoms with Crippen LogP contribution in [0, 0.1) is 0 Å². The Morgan fingerprint density at radius 2 is 1.86 bits per heavy atom. The van der Waals surface area contributed by atoms with E-state index < -0.39 is 0 Å². The molecule has 1 aromatic rings. The lowest BCUT2D eigenvalue weighted by Gasteiger charge is -2.48. The van der Waals surface area contributed by atoms with Crippen LogP contribution in [0.25, 0.3) is 0 Å². The lowest BCUT2D eigenvalue weighted by Crippen LogP contribution is -2.57. The summed E-state index contributed by atoms with van der Waals surface area (Å²) >= 11 is 6.23. The highest BCUT2D eigenvalue weighted by molar-refractivity contribution is 6.34. The van der Waals surface area contributed by atoms with Crippen molar-refractivity contribution in [1.29, 1.82) is 0 Å². The monoisotopic (exact) mass is 311 g/mol. The molecule has 0 amide bonds. The lowest BCUT2D eigenvalue weighted by atomic mass is 9.98. The molecule has 1 fully saturated rings. The van der Waals surface area contributed by atoms with Gasteiger partial charge in [0.15, 0.2) is 5.84 Å². The van der Waals surface area contributed by atoms with Crippen LogP contribution in [-0.4, -0.2) is 35.3 Å². The molecule has 3 N–H and O–H groups in total. The number of nitrogens with zero attached hydrogens (tertiary/aromatic N) is 2. The lowest BCUT2D eigenvalue weighted by molar-refractivity contribution is -0.133. The van der Waals surface area contributed by atoms with Crippen LogP contribution in [0.15, 0.2) is 23.4 Å². The van der Waals surface area contributed by atoms with Crippen molar-refractivity contribution in [2.75, 3.05) is 18.0 Å². The van der Waals surface area contributed by atoms with Crippen molar-refractivity contribution in [2.24, 2.45) is 10.9 Å². The van der Waals surface area contributed by atoms with Gasteiger partial charge in [0.05, 0.1) is 16.2 Å². The molecule has 1 aromatic carbocycles. The third kappa shape index (κ3) is 3.60. The summed E-state index contributed by atoms with van der Waals surface area (Å²) in [6.07, 6.45) is 0. The Bertz CT molecular complexity index is 554. The number of hydrogen-bond acceptors (Lipinski definition) is 4. The van der Waals surface area contributed by atoms with Gasteiger partial charge < -0.3 is 20.6 Å². The Hall–Kier alpha value is -1.46. The van der Waals surface area contributed by atoms with Crippen molar-refractivity contribution in [3.8, 4) is 0 Å². The van der Waals surface area contributed by atoms with Gasteiger partial charge in [-0.2, -0.15) is 0 Å². The number of halogens is 1. The largest absolute Gasteiger partial charge is 0.409 e. The SMILES string of the molecule is CC1(C)CN(c2ccc(/C(N)=N/O)c(Cl)c2)CC(C)(C)O1. The van der Waals surface area contributed by atoms with E-state index in [2.05, 4.69) is 37.8 Å². The maximum Gasteiger partial charge on any atom is 0.171 e. The van der Waals surface area contributed by atoms with Gasteiger partial charge >= 0.3 is 0 Å². The molecule has 21 heavy (non-hydrogen) atoms. The highest BCUT2D eigenvalue weighted by Gasteiger charge is 2.38. The predicted octanol–water partition coefficient (Wildman–Crippen LogP) is 2.83. The van der Waals surface area contributed by atoms with Crippen LogP contribution in [0.5, 0.6) is 0 Å². The van der Waals surface area contributed by atoms with E-state index in [-0.39, 0.29) is 17.0 Å². The van der Waals surface area contributed by atoms with E-state index in [4.69, 9.17) is 27.3 Å². The van der Waals surface area contributed by atoms with Gasteiger partial charge in [-0.3, -0.25) is 0 Å². The Morgan fingerprint density at radius 1 is 1.29 bits per heavy atom. The van der Waals surface area contributed by atoms with E-state index >= 15 is 0 Å². The summed E-state index contributed by atoms with van der Waals surface area (Å²) in [5.41, 5.74) is 6.64. The quantitative estimate of drug-likeness (QED) is 0.381. The first kappa shape index (κ1) is 15.9. The summed E-state index contributed by atoms with van der Waals surface area (Å²) in [5, 5.41) is 12.2. The molecule has 5 nitrogen and oxygen atoms in total. The first-order valence-electron chi connectivity index (χ1n) is 6.86. The van der Waals surface area contributed by atoms with E-state index in [1.165, 1.54) is 0 Å². The maximum absolute atomic E-state index is 8.75. The van der Waals surface area contributed by atoms with Crippen molar-refractivity contribution in [3.05, 3.63) is 28.8 Å². The molecule has 6 heteroatoms. The minimum atomic E-state index is -0.238. The summed E-state index contributed by atoms with van der Waals surface area (Å²) in [5.74, 6) is 0.00851. The van der Waals surface area contributed by atoms with Gasteiger partial charge in [-0.15, -0.1) is 0 Å². The second-order valence-corrected chi connectivity index (χ2v) is 7.03. The summed E-state index contributed by atoms with van der Waals surface area (Å²) in [6.45, 7) is 9.85. The van der Waals surface area contributed by atoms with Crippen molar-refractivity contribution in [1.82, 2.24) is 0 Å². The van der Waals surface area contributed by atoms with Crippen LogP contribution < -0.4 is 10.6 Å². The number of anilines is 1. The molecule has 1 aliphatic rings. The van der Waals surface area contributed by atoms with E-state index in [9.17, 15) is 0 Å². The Labute approximate surface area is 130 Å². The smallest absolute Gasteiger partial charge is 0.171 e. The molecular formula is C15H22ClN3O2. The molecule has 1 saturated heterocycles. The van der Waals surface area contributed by atoms with Gasteiger partial charge in [-0.25, -0.2) is 0 Å². The summed E-state index contributed by atoms with van der Waals surface area (Å²) < 4.78 is 6.08. The first-order valence-corrected chi connectivity index (χ1v) is 7.24. The van der Waals surface area contributed by atoms with Crippen molar-refractivity contribution in [2.45, 2.75) is 38.9 Å². The Balaban J connectivity index is 2.32. The number of ether oxygens (including phenoxy) is 1. The van der Waals surface area contributed by atoms with E-state index in [1.807, 2.05) is 12.1 Å². The average Bonchev–Trinajstić information content (AvgIpc) is 2.34. The highest BCUT2D eigenvalue weighted by Crippen LogP contribution is 2.33. The van der Waals surface area contributed by atoms with Crippen molar-refractivity contribution >= 4 is 23.1 Å². The maximum atomic E-state index is 8.75. The minimum Gasteiger partial charge on any atom is -0.409 e. The Kier molecular flexibility index (Phi) is 4.08. The second kappa shape index (κ2) is 5.39. The molecule has 116 valence electrons. The van der Waals surface area contributed by atoms with Crippen LogP contribution in [0.4, 0.5) is 5.69 Å². The number of benzene rings is 1. The third-order valence-electron chi connectivity index (χ3n) is 3.40. The number of amidine groups is 1. The molecule has 0 spiro atoms. The third-order valence-corrected chi connectivity index (χ3v) is 3.71. The van der Waals surface area contributed by atoms with Gasteiger partial charge in [-0.05, 0) is 45.9 Å². The molecule has 0 radical (unpaired) electrons. The number of rotatable bonds is 2. The molecule has 0 saturated carbocycles. The zero-order valence-corrected chi connectivity index (χ0v) is 13.6. The van der Waals surface area contributed by atoms with Gasteiger partial charge in [0, 0.05) is 24.3 Å². The Morgan fingerprint density at radius 3 is 2.33 bits per heavy atom. The average molecular weight is 312 g/mol. The fourth-order valence-corrected chi connectivity index (χ4v) is 3.20. The number of hydrogen-bond donors (Lipinski definition) is 2. The van der Waals surface area contributed by atoms with Crippen LogP contribution in [-0.2, 0) is 4.74 Å². The first-order chi connectivity index (χ1) is 9.63. The fraction of sp³-hybridized carbons (Fsp3) is 0.533. The molecule has 1 heterocycles. The summed E-state index contributed by atoms with van der Waals surface area (Å²) in [6, 6.07) is 5.53. The van der Waals surface area contributed by atoms with Crippen molar-refractivity contribution < 1.29 is 9.94 Å². The number of morpholine rings is 1. The zero-order chi connectivity index (χ0) is 15.8. The molecule has 0 bridgehead atoms. The van der Waals surface area contributed by atoms with Gasteiger partial charge in [0.1, 0.15) is 0 Å². The van der Waals surface area contributed by atoms with Crippen LogP contribution in [0.3, 0.4) is 0 Å². The molecule has 0 aliphatic carbocycles. The van der Waals surface area contributed by atoms with Gasteiger partial charge in [0.2, 0.25) is 0 Å². The van der Waals surface area contributed by atoms with E-state index in [0.717, 1.165) is 18.8 Å². The second-order valence-electron chi connectivity index (χ2n) is 6.63. The number of oxime groups is 1. The molecule has 2 rings (SSSR count). The summed E-state index contributed by atoms with van der Waals surface area (Å²) in [4.78, 5) is 2.24. The van der Waals surface area contributed by atoms with Crippen LogP contribution in [0.2, 0.25) is 5.02 Å². The molecule has 0 unspecified atom stereocenters. The summed E-state index contributed by atoms with van der Waals surface area (Å²) in [7, 11) is 0. The molecule has 1 aliphatic heterocycles. The normalized spacial score (nSPS) is 21.4. The van der Waals surface area contributed by atoms with Gasteiger partial charge in [0.25, 0.3) is 0 Å². The minimum absolute atomic E-state index is 0.00851. The van der Waals surface area contributed by atoms with E-state index in [0.29, 0.717) is 10.6 Å². The molecule has 0 atom stereocenters. The van der Waals surface area contributed by atoms with Crippen LogP contribution in [0.1, 0.15) is 33.3 Å². The molecular weight excluding hydrogens is 290 g/mol. The standard InChI is InChI=1S/C15H22ClN3O2/c1-14(2)8-19(9-15(3,4)21-14)10-5-6-11(12(16)7-10)13(17)18-20/h5-7,20H,8-9H2,1-4H3,(H2,17,18). The highest BCUT2D eigenvalue weighted by atomic mass is 35.5. The predicted molar refractivity (Wildman–Crippen MR) is 85.4 cm³/mol. The fourth-order valence-electron chi connectivity index (χ4n) is 2.93. The number of nitrogens with two attached hydrogens (primary N) is 1. The van der Waals surface area contributed by atoms with E-state index in [1.54, 1.807) is 6.07 Å². The van der Waals surface area contributed by atoms with Gasteiger partial charge in [-0.1, -0.05) is 16.8 Å². The topological polar surface area (TPSA) is 71.1 Å². The zero-order valence-electron chi connectivity index (χ0n) is 12.9.